The van der Waals surface area contributed by atoms with Gasteiger partial charge in [-0.1, -0.05) is 5.11 Å². The van der Waals surface area contributed by atoms with E-state index in [0.29, 0.717) is 12.0 Å². The fourth-order valence-corrected chi connectivity index (χ4v) is 6.46. The lowest BCUT2D eigenvalue weighted by Crippen LogP contribution is -2.49. The molecule has 106 valence electrons. The molecule has 4 saturated carbocycles. The SMILES string of the molecule is Cc1nc(C23CC4CC(CC(C4)C2)C3)c(CN=[N+]=[N-])s1. The summed E-state index contributed by atoms with van der Waals surface area (Å²) in [5.41, 5.74) is 10.2. The van der Waals surface area contributed by atoms with Crippen molar-refractivity contribution in [3.8, 4) is 0 Å². The standard InChI is InChI=1S/C15H20N4S/c1-9-18-14(13(20-9)8-17-19-16)15-5-10-2-11(6-15)4-12(3-10)7-15/h10-12H,2-8H2,1H3. The Balaban J connectivity index is 1.75. The van der Waals surface area contributed by atoms with Gasteiger partial charge in [0.2, 0.25) is 0 Å². The highest BCUT2D eigenvalue weighted by Crippen LogP contribution is 2.61. The van der Waals surface area contributed by atoms with Crippen molar-refractivity contribution in [3.05, 3.63) is 26.0 Å². The summed E-state index contributed by atoms with van der Waals surface area (Å²) >= 11 is 1.73. The highest BCUT2D eigenvalue weighted by molar-refractivity contribution is 7.11. The van der Waals surface area contributed by atoms with Gasteiger partial charge >= 0.3 is 0 Å². The van der Waals surface area contributed by atoms with Gasteiger partial charge in [0.05, 0.1) is 17.2 Å². The normalized spacial score (nSPS) is 38.0. The lowest BCUT2D eigenvalue weighted by atomic mass is 9.48. The van der Waals surface area contributed by atoms with Gasteiger partial charge in [0.15, 0.2) is 0 Å². The summed E-state index contributed by atoms with van der Waals surface area (Å²) in [6, 6.07) is 0. The quantitative estimate of drug-likeness (QED) is 0.450. The minimum absolute atomic E-state index is 0.319. The maximum absolute atomic E-state index is 8.60. The minimum Gasteiger partial charge on any atom is -0.246 e. The van der Waals surface area contributed by atoms with E-state index < -0.39 is 0 Å². The zero-order valence-electron chi connectivity index (χ0n) is 11.9. The third-order valence-corrected chi connectivity index (χ3v) is 6.58. The number of nitrogens with zero attached hydrogens (tertiary/aromatic N) is 4. The predicted molar refractivity (Wildman–Crippen MR) is 79.6 cm³/mol. The number of azide groups is 1. The molecule has 1 heterocycles. The summed E-state index contributed by atoms with van der Waals surface area (Å²) in [4.78, 5) is 9.04. The van der Waals surface area contributed by atoms with Crippen molar-refractivity contribution < 1.29 is 0 Å². The number of hydrogen-bond acceptors (Lipinski definition) is 3. The summed E-state index contributed by atoms with van der Waals surface area (Å²) in [7, 11) is 0. The first-order chi connectivity index (χ1) is 9.68. The molecular formula is C15H20N4S. The van der Waals surface area contributed by atoms with Crippen LogP contribution in [0.4, 0.5) is 0 Å². The molecule has 0 aliphatic heterocycles. The molecule has 1 aromatic rings. The molecule has 0 N–H and O–H groups in total. The van der Waals surface area contributed by atoms with Gasteiger partial charge in [-0.15, -0.1) is 11.3 Å². The Labute approximate surface area is 123 Å². The summed E-state index contributed by atoms with van der Waals surface area (Å²) < 4.78 is 0. The van der Waals surface area contributed by atoms with Crippen LogP contribution in [0.1, 0.15) is 54.1 Å². The molecule has 0 atom stereocenters. The second-order valence-electron chi connectivity index (χ2n) is 7.09. The van der Waals surface area contributed by atoms with Crippen LogP contribution in [0, 0.1) is 24.7 Å². The van der Waals surface area contributed by atoms with Crippen LogP contribution in [0.3, 0.4) is 0 Å². The van der Waals surface area contributed by atoms with Crippen molar-refractivity contribution in [1.82, 2.24) is 4.98 Å². The average molecular weight is 288 g/mol. The molecule has 4 fully saturated rings. The summed E-state index contributed by atoms with van der Waals surface area (Å²) in [5.74, 6) is 2.78. The molecule has 0 spiro atoms. The van der Waals surface area contributed by atoms with Crippen LogP contribution in [-0.4, -0.2) is 4.98 Å². The second kappa shape index (κ2) is 4.47. The van der Waals surface area contributed by atoms with Gasteiger partial charge in [-0.2, -0.15) is 0 Å². The highest BCUT2D eigenvalue weighted by Gasteiger charge is 2.53. The summed E-state index contributed by atoms with van der Waals surface area (Å²) in [6.07, 6.45) is 8.33. The van der Waals surface area contributed by atoms with E-state index in [-0.39, 0.29) is 0 Å². The number of hydrogen-bond donors (Lipinski definition) is 0. The van der Waals surface area contributed by atoms with E-state index in [0.717, 1.165) is 22.8 Å². The largest absolute Gasteiger partial charge is 0.246 e. The highest BCUT2D eigenvalue weighted by atomic mass is 32.1. The molecule has 4 aliphatic carbocycles. The Hall–Kier alpha value is -1.06. The van der Waals surface area contributed by atoms with Crippen LogP contribution >= 0.6 is 11.3 Å². The molecule has 0 radical (unpaired) electrons. The third-order valence-electron chi connectivity index (χ3n) is 5.62. The second-order valence-corrected chi connectivity index (χ2v) is 8.38. The first-order valence-corrected chi connectivity index (χ1v) is 8.48. The van der Waals surface area contributed by atoms with Crippen molar-refractivity contribution >= 4 is 11.3 Å². The number of aryl methyl sites for hydroxylation is 1. The summed E-state index contributed by atoms with van der Waals surface area (Å²) in [5, 5.41) is 4.92. The van der Waals surface area contributed by atoms with Gasteiger partial charge in [0, 0.05) is 15.2 Å². The smallest absolute Gasteiger partial charge is 0.0900 e. The van der Waals surface area contributed by atoms with Gasteiger partial charge < -0.3 is 0 Å². The first-order valence-electron chi connectivity index (χ1n) is 7.66. The average Bonchev–Trinajstić information content (AvgIpc) is 2.77. The van der Waals surface area contributed by atoms with E-state index in [2.05, 4.69) is 16.9 Å². The third kappa shape index (κ3) is 1.87. The Bertz CT molecular complexity index is 549. The first kappa shape index (κ1) is 12.7. The van der Waals surface area contributed by atoms with E-state index in [1.54, 1.807) is 11.3 Å². The van der Waals surface area contributed by atoms with Gasteiger partial charge in [0.25, 0.3) is 0 Å². The van der Waals surface area contributed by atoms with Gasteiger partial charge in [0.1, 0.15) is 0 Å². The lowest BCUT2D eigenvalue weighted by molar-refractivity contribution is -0.00733. The van der Waals surface area contributed by atoms with E-state index in [1.807, 2.05) is 0 Å². The molecule has 1 aromatic heterocycles. The fraction of sp³-hybridized carbons (Fsp3) is 0.800. The van der Waals surface area contributed by atoms with Crippen LogP contribution in [0.5, 0.6) is 0 Å². The van der Waals surface area contributed by atoms with Crippen LogP contribution in [-0.2, 0) is 12.0 Å². The zero-order valence-corrected chi connectivity index (χ0v) is 12.7. The molecule has 4 aliphatic rings. The van der Waals surface area contributed by atoms with E-state index >= 15 is 0 Å². The van der Waals surface area contributed by atoms with Crippen LogP contribution in [0.2, 0.25) is 0 Å². The molecular weight excluding hydrogens is 268 g/mol. The number of aromatic nitrogens is 1. The van der Waals surface area contributed by atoms with Crippen molar-refractivity contribution in [3.63, 3.8) is 0 Å². The molecule has 4 bridgehead atoms. The molecule has 4 nitrogen and oxygen atoms in total. The van der Waals surface area contributed by atoms with Gasteiger partial charge in [-0.25, -0.2) is 4.98 Å². The van der Waals surface area contributed by atoms with Crippen LogP contribution in [0.25, 0.3) is 10.4 Å². The maximum Gasteiger partial charge on any atom is 0.0900 e. The number of rotatable bonds is 3. The molecule has 20 heavy (non-hydrogen) atoms. The van der Waals surface area contributed by atoms with Crippen molar-refractivity contribution in [2.45, 2.75) is 57.4 Å². The summed E-state index contributed by atoms with van der Waals surface area (Å²) in [6.45, 7) is 2.56. The molecule has 0 amide bonds. The fourth-order valence-electron chi connectivity index (χ4n) is 5.49. The van der Waals surface area contributed by atoms with Crippen molar-refractivity contribution in [2.24, 2.45) is 22.9 Å². The Morgan fingerprint density at radius 2 is 1.85 bits per heavy atom. The molecule has 0 aromatic carbocycles. The van der Waals surface area contributed by atoms with Gasteiger partial charge in [-0.3, -0.25) is 0 Å². The molecule has 5 heteroatoms. The topological polar surface area (TPSA) is 61.7 Å². The zero-order chi connectivity index (χ0) is 13.7. The van der Waals surface area contributed by atoms with E-state index in [4.69, 9.17) is 10.5 Å². The maximum atomic E-state index is 8.60. The molecule has 0 saturated heterocycles. The van der Waals surface area contributed by atoms with E-state index in [9.17, 15) is 0 Å². The van der Waals surface area contributed by atoms with Crippen molar-refractivity contribution in [1.29, 1.82) is 0 Å². The Morgan fingerprint density at radius 1 is 1.25 bits per heavy atom. The lowest BCUT2D eigenvalue weighted by Gasteiger charge is -2.56. The Kier molecular flexibility index (Phi) is 2.83. The molecule has 0 unspecified atom stereocenters. The number of thiazole rings is 1. The van der Waals surface area contributed by atoms with Crippen LogP contribution in [0.15, 0.2) is 5.11 Å². The van der Waals surface area contributed by atoms with Gasteiger partial charge in [-0.05, 0) is 68.7 Å². The van der Waals surface area contributed by atoms with Crippen LogP contribution < -0.4 is 0 Å². The molecule has 5 rings (SSSR count). The monoisotopic (exact) mass is 288 g/mol. The Morgan fingerprint density at radius 3 is 2.40 bits per heavy atom. The van der Waals surface area contributed by atoms with Crippen molar-refractivity contribution in [2.75, 3.05) is 0 Å². The minimum atomic E-state index is 0.319. The predicted octanol–water partition coefficient (Wildman–Crippen LogP) is 4.73. The van der Waals surface area contributed by atoms with E-state index in [1.165, 1.54) is 49.1 Å².